The predicted molar refractivity (Wildman–Crippen MR) is 43.5 cm³/mol. The highest BCUT2D eigenvalue weighted by molar-refractivity contribution is 5.77. The fraction of sp³-hybridized carbons (Fsp3) is 0.875. The molecule has 0 fully saturated rings. The van der Waals surface area contributed by atoms with Crippen LogP contribution in [0, 0.1) is 0 Å². The van der Waals surface area contributed by atoms with Crippen molar-refractivity contribution in [1.82, 2.24) is 0 Å². The van der Waals surface area contributed by atoms with Crippen LogP contribution in [0.2, 0.25) is 0 Å². The molecule has 0 aliphatic carbocycles. The van der Waals surface area contributed by atoms with Crippen molar-refractivity contribution in [2.75, 3.05) is 6.61 Å². The summed E-state index contributed by atoms with van der Waals surface area (Å²) in [5.41, 5.74) is 0. The number of hydrogen-bond donors (Lipinski definition) is 1. The van der Waals surface area contributed by atoms with Crippen LogP contribution in [-0.4, -0.2) is 23.8 Å². The molecule has 0 spiro atoms. The summed E-state index contributed by atoms with van der Waals surface area (Å²) < 4.78 is 5.11. The molecule has 0 saturated heterocycles. The van der Waals surface area contributed by atoms with Crippen molar-refractivity contribution in [2.45, 2.75) is 38.8 Å². The molecule has 1 aliphatic rings. The molecule has 64 valence electrons. The van der Waals surface area contributed by atoms with Gasteiger partial charge >= 0.3 is 0 Å². The van der Waals surface area contributed by atoms with Crippen LogP contribution in [0.3, 0.4) is 0 Å². The second-order valence-corrected chi connectivity index (χ2v) is 2.77. The SMILES string of the molecule is CCCCCC1=NC(O)CO1. The Morgan fingerprint density at radius 3 is 3.00 bits per heavy atom. The first-order valence-corrected chi connectivity index (χ1v) is 4.20. The first-order valence-electron chi connectivity index (χ1n) is 4.20. The third kappa shape index (κ3) is 2.89. The molecule has 3 nitrogen and oxygen atoms in total. The molecule has 1 N–H and O–H groups in total. The first kappa shape index (κ1) is 8.53. The Morgan fingerprint density at radius 1 is 1.64 bits per heavy atom. The molecule has 1 heterocycles. The quantitative estimate of drug-likeness (QED) is 0.625. The van der Waals surface area contributed by atoms with Crippen LogP contribution in [0.5, 0.6) is 0 Å². The van der Waals surface area contributed by atoms with E-state index in [0.29, 0.717) is 6.61 Å². The van der Waals surface area contributed by atoms with E-state index in [1.54, 1.807) is 0 Å². The third-order valence-electron chi connectivity index (χ3n) is 1.69. The van der Waals surface area contributed by atoms with Crippen LogP contribution in [-0.2, 0) is 4.74 Å². The molecule has 11 heavy (non-hydrogen) atoms. The minimum Gasteiger partial charge on any atom is -0.476 e. The minimum absolute atomic E-state index is 0.349. The van der Waals surface area contributed by atoms with Gasteiger partial charge in [-0.3, -0.25) is 0 Å². The number of unbranched alkanes of at least 4 members (excludes halogenated alkanes) is 2. The lowest BCUT2D eigenvalue weighted by molar-refractivity contribution is 0.138. The molecular formula is C8H15NO2. The van der Waals surface area contributed by atoms with Gasteiger partial charge in [0.1, 0.15) is 6.61 Å². The van der Waals surface area contributed by atoms with Gasteiger partial charge in [-0.1, -0.05) is 19.8 Å². The molecule has 1 aliphatic heterocycles. The Kier molecular flexibility index (Phi) is 3.36. The van der Waals surface area contributed by atoms with E-state index in [4.69, 9.17) is 9.84 Å². The van der Waals surface area contributed by atoms with E-state index < -0.39 is 6.23 Å². The fourth-order valence-electron chi connectivity index (χ4n) is 1.07. The zero-order valence-electron chi connectivity index (χ0n) is 6.92. The number of aliphatic hydroxyl groups excluding tert-OH is 1. The summed E-state index contributed by atoms with van der Waals surface area (Å²) in [5.74, 6) is 0.728. The number of rotatable bonds is 4. The molecule has 1 rings (SSSR count). The number of aliphatic hydroxyl groups is 1. The van der Waals surface area contributed by atoms with Crippen LogP contribution >= 0.6 is 0 Å². The topological polar surface area (TPSA) is 41.8 Å². The van der Waals surface area contributed by atoms with Crippen LogP contribution < -0.4 is 0 Å². The second kappa shape index (κ2) is 4.34. The van der Waals surface area contributed by atoms with Crippen LogP contribution in [0.1, 0.15) is 32.6 Å². The number of ether oxygens (including phenoxy) is 1. The Hall–Kier alpha value is -0.570. The summed E-state index contributed by atoms with van der Waals surface area (Å²) in [7, 11) is 0. The van der Waals surface area contributed by atoms with Crippen molar-refractivity contribution in [3.8, 4) is 0 Å². The van der Waals surface area contributed by atoms with E-state index in [-0.39, 0.29) is 0 Å². The van der Waals surface area contributed by atoms with Gasteiger partial charge in [-0.2, -0.15) is 0 Å². The summed E-state index contributed by atoms with van der Waals surface area (Å²) in [5, 5.41) is 8.94. The number of nitrogens with zero attached hydrogens (tertiary/aromatic N) is 1. The van der Waals surface area contributed by atoms with Crippen LogP contribution in [0.4, 0.5) is 0 Å². The molecule has 0 aromatic rings. The normalized spacial score (nSPS) is 23.1. The molecule has 1 atom stereocenters. The Bertz CT molecular complexity index is 145. The van der Waals surface area contributed by atoms with Gasteiger partial charge in [-0.05, 0) is 6.42 Å². The van der Waals surface area contributed by atoms with Gasteiger partial charge in [0, 0.05) is 6.42 Å². The highest BCUT2D eigenvalue weighted by Gasteiger charge is 2.14. The molecule has 0 saturated carbocycles. The average Bonchev–Trinajstić information content (AvgIpc) is 2.37. The second-order valence-electron chi connectivity index (χ2n) is 2.77. The summed E-state index contributed by atoms with van der Waals surface area (Å²) in [6.45, 7) is 2.51. The lowest BCUT2D eigenvalue weighted by atomic mass is 10.2. The van der Waals surface area contributed by atoms with Crippen molar-refractivity contribution < 1.29 is 9.84 Å². The maximum absolute atomic E-state index is 8.94. The molecular weight excluding hydrogens is 142 g/mol. The molecule has 3 heteroatoms. The number of aliphatic imine (C=N–C) groups is 1. The monoisotopic (exact) mass is 157 g/mol. The highest BCUT2D eigenvalue weighted by atomic mass is 16.5. The lowest BCUT2D eigenvalue weighted by Gasteiger charge is -1.98. The molecule has 0 radical (unpaired) electrons. The van der Waals surface area contributed by atoms with Crippen molar-refractivity contribution in [1.29, 1.82) is 0 Å². The minimum atomic E-state index is -0.605. The predicted octanol–water partition coefficient (Wildman–Crippen LogP) is 1.31. The van der Waals surface area contributed by atoms with E-state index in [0.717, 1.165) is 18.7 Å². The van der Waals surface area contributed by atoms with Crippen molar-refractivity contribution in [3.05, 3.63) is 0 Å². The summed E-state index contributed by atoms with van der Waals surface area (Å²) in [4.78, 5) is 3.91. The number of hydrogen-bond acceptors (Lipinski definition) is 3. The molecule has 0 aromatic heterocycles. The molecule has 0 aromatic carbocycles. The van der Waals surface area contributed by atoms with Gasteiger partial charge in [0.15, 0.2) is 12.1 Å². The molecule has 0 bridgehead atoms. The Labute approximate surface area is 67.1 Å². The third-order valence-corrected chi connectivity index (χ3v) is 1.69. The summed E-state index contributed by atoms with van der Waals surface area (Å²) in [6.07, 6.45) is 3.80. The van der Waals surface area contributed by atoms with E-state index >= 15 is 0 Å². The standard InChI is InChI=1S/C8H15NO2/c1-2-3-4-5-8-9-7(10)6-11-8/h7,10H,2-6H2,1H3. The van der Waals surface area contributed by atoms with Gasteiger partial charge in [0.2, 0.25) is 0 Å². The van der Waals surface area contributed by atoms with Gasteiger partial charge < -0.3 is 9.84 Å². The van der Waals surface area contributed by atoms with Gasteiger partial charge in [0.05, 0.1) is 0 Å². The first-order chi connectivity index (χ1) is 5.33. The zero-order valence-corrected chi connectivity index (χ0v) is 6.92. The highest BCUT2D eigenvalue weighted by Crippen LogP contribution is 2.08. The van der Waals surface area contributed by atoms with Crippen LogP contribution in [0.25, 0.3) is 0 Å². The Morgan fingerprint density at radius 2 is 2.45 bits per heavy atom. The summed E-state index contributed by atoms with van der Waals surface area (Å²) >= 11 is 0. The summed E-state index contributed by atoms with van der Waals surface area (Å²) in [6, 6.07) is 0. The van der Waals surface area contributed by atoms with E-state index in [1.165, 1.54) is 12.8 Å². The van der Waals surface area contributed by atoms with E-state index in [1.807, 2.05) is 0 Å². The Balaban J connectivity index is 2.12. The van der Waals surface area contributed by atoms with Crippen LogP contribution in [0.15, 0.2) is 4.99 Å². The maximum Gasteiger partial charge on any atom is 0.186 e. The average molecular weight is 157 g/mol. The van der Waals surface area contributed by atoms with Gasteiger partial charge in [0.25, 0.3) is 0 Å². The molecule has 1 unspecified atom stereocenters. The largest absolute Gasteiger partial charge is 0.476 e. The van der Waals surface area contributed by atoms with Gasteiger partial charge in [-0.15, -0.1) is 0 Å². The zero-order chi connectivity index (χ0) is 8.10. The van der Waals surface area contributed by atoms with Crippen molar-refractivity contribution >= 4 is 5.90 Å². The molecule has 0 amide bonds. The van der Waals surface area contributed by atoms with E-state index in [2.05, 4.69) is 11.9 Å². The van der Waals surface area contributed by atoms with Gasteiger partial charge in [-0.25, -0.2) is 4.99 Å². The van der Waals surface area contributed by atoms with E-state index in [9.17, 15) is 0 Å². The fourth-order valence-corrected chi connectivity index (χ4v) is 1.07. The lowest BCUT2D eigenvalue weighted by Crippen LogP contribution is -2.03. The van der Waals surface area contributed by atoms with Crippen molar-refractivity contribution in [2.24, 2.45) is 4.99 Å². The maximum atomic E-state index is 8.94. The smallest absolute Gasteiger partial charge is 0.186 e. The van der Waals surface area contributed by atoms with Crippen molar-refractivity contribution in [3.63, 3.8) is 0 Å².